The van der Waals surface area contributed by atoms with E-state index in [0.29, 0.717) is 23.1 Å². The first kappa shape index (κ1) is 16.2. The Bertz CT molecular complexity index is 842. The number of pyridine rings is 1. The number of hydrogen-bond donors (Lipinski definition) is 1. The van der Waals surface area contributed by atoms with Crippen molar-refractivity contribution in [2.24, 2.45) is 5.14 Å². The fraction of sp³-hybridized carbons (Fsp3) is 0.400. The first-order valence-electron chi connectivity index (χ1n) is 7.31. The van der Waals surface area contributed by atoms with Gasteiger partial charge in [0.15, 0.2) is 11.6 Å². The number of aromatic nitrogens is 1. The van der Waals surface area contributed by atoms with Gasteiger partial charge in [0.1, 0.15) is 0 Å². The van der Waals surface area contributed by atoms with Crippen LogP contribution in [0.2, 0.25) is 0 Å². The summed E-state index contributed by atoms with van der Waals surface area (Å²) in [7, 11) is -3.53. The Morgan fingerprint density at radius 2 is 2.00 bits per heavy atom. The standard InChI is InChI=1S/C15H17F2N3O2S/c16-13-6-10-3-4-11(19-15(10)7-14(13)17)8-20-5-1-2-12(20)9-23(18,21)22/h3-4,6-7,12H,1-2,5,8-9H2,(H2,18,21,22). The number of halogens is 2. The van der Waals surface area contributed by atoms with E-state index in [4.69, 9.17) is 5.14 Å². The molecule has 1 saturated heterocycles. The van der Waals surface area contributed by atoms with Gasteiger partial charge in [-0.15, -0.1) is 0 Å². The fourth-order valence-electron chi connectivity index (χ4n) is 3.02. The van der Waals surface area contributed by atoms with Crippen LogP contribution in [0.1, 0.15) is 18.5 Å². The van der Waals surface area contributed by atoms with Gasteiger partial charge in [0.2, 0.25) is 10.0 Å². The predicted molar refractivity (Wildman–Crippen MR) is 83.1 cm³/mol. The number of nitrogens with two attached hydrogens (primary N) is 1. The van der Waals surface area contributed by atoms with Crippen molar-refractivity contribution >= 4 is 20.9 Å². The fourth-order valence-corrected chi connectivity index (χ4v) is 3.93. The lowest BCUT2D eigenvalue weighted by molar-refractivity contribution is 0.259. The molecule has 1 aliphatic rings. The number of nitrogens with zero attached hydrogens (tertiary/aromatic N) is 2. The molecule has 1 aromatic carbocycles. The molecule has 0 amide bonds. The topological polar surface area (TPSA) is 76.3 Å². The van der Waals surface area contributed by atoms with Crippen molar-refractivity contribution < 1.29 is 17.2 Å². The molecule has 0 saturated carbocycles. The molecule has 1 unspecified atom stereocenters. The van der Waals surface area contributed by atoms with Gasteiger partial charge in [-0.25, -0.2) is 22.3 Å². The SMILES string of the molecule is NS(=O)(=O)CC1CCCN1Cc1ccc2cc(F)c(F)cc2n1. The molecule has 0 radical (unpaired) electrons. The largest absolute Gasteiger partial charge is 0.294 e. The van der Waals surface area contributed by atoms with Crippen molar-refractivity contribution in [3.05, 3.63) is 41.6 Å². The molecule has 2 heterocycles. The number of primary sulfonamides is 1. The van der Waals surface area contributed by atoms with Gasteiger partial charge in [-0.05, 0) is 31.5 Å². The molecule has 1 aromatic heterocycles. The number of likely N-dealkylation sites (tertiary alicyclic amines) is 1. The molecule has 2 aromatic rings. The van der Waals surface area contributed by atoms with Gasteiger partial charge in [0, 0.05) is 24.0 Å². The number of rotatable bonds is 4. The highest BCUT2D eigenvalue weighted by Crippen LogP contribution is 2.22. The summed E-state index contributed by atoms with van der Waals surface area (Å²) < 4.78 is 49.1. The van der Waals surface area contributed by atoms with Crippen molar-refractivity contribution in [1.82, 2.24) is 9.88 Å². The summed E-state index contributed by atoms with van der Waals surface area (Å²) in [6, 6.07) is 5.48. The lowest BCUT2D eigenvalue weighted by Gasteiger charge is -2.23. The van der Waals surface area contributed by atoms with Crippen LogP contribution in [-0.2, 0) is 16.6 Å². The van der Waals surface area contributed by atoms with E-state index in [1.807, 2.05) is 4.90 Å². The van der Waals surface area contributed by atoms with Crippen LogP contribution in [0.4, 0.5) is 8.78 Å². The summed E-state index contributed by atoms with van der Waals surface area (Å²) in [4.78, 5) is 6.35. The van der Waals surface area contributed by atoms with E-state index in [0.717, 1.165) is 31.5 Å². The number of sulfonamides is 1. The van der Waals surface area contributed by atoms with Crippen LogP contribution in [0.15, 0.2) is 24.3 Å². The first-order valence-corrected chi connectivity index (χ1v) is 9.02. The molecule has 5 nitrogen and oxygen atoms in total. The summed E-state index contributed by atoms with van der Waals surface area (Å²) in [5, 5.41) is 5.65. The van der Waals surface area contributed by atoms with Crippen molar-refractivity contribution in [3.63, 3.8) is 0 Å². The Labute approximate surface area is 133 Å². The van der Waals surface area contributed by atoms with Gasteiger partial charge in [0.25, 0.3) is 0 Å². The lowest BCUT2D eigenvalue weighted by Crippen LogP contribution is -2.37. The van der Waals surface area contributed by atoms with E-state index in [9.17, 15) is 17.2 Å². The molecular weight excluding hydrogens is 324 g/mol. The third-order valence-corrected chi connectivity index (χ3v) is 4.93. The molecule has 23 heavy (non-hydrogen) atoms. The summed E-state index contributed by atoms with van der Waals surface area (Å²) in [5.41, 5.74) is 1.06. The van der Waals surface area contributed by atoms with E-state index in [1.165, 1.54) is 0 Å². The van der Waals surface area contributed by atoms with Gasteiger partial charge in [-0.3, -0.25) is 9.88 Å². The molecule has 0 aliphatic carbocycles. The average Bonchev–Trinajstić information content (AvgIpc) is 2.85. The smallest absolute Gasteiger partial charge is 0.210 e. The Kier molecular flexibility index (Phi) is 4.31. The maximum absolute atomic E-state index is 13.3. The normalized spacial score (nSPS) is 19.5. The van der Waals surface area contributed by atoms with E-state index in [1.54, 1.807) is 12.1 Å². The summed E-state index contributed by atoms with van der Waals surface area (Å²) in [6.07, 6.45) is 1.66. The molecule has 1 fully saturated rings. The third kappa shape index (κ3) is 3.82. The molecule has 1 atom stereocenters. The zero-order valence-corrected chi connectivity index (χ0v) is 13.2. The van der Waals surface area contributed by atoms with Gasteiger partial charge in [0.05, 0.1) is 17.0 Å². The van der Waals surface area contributed by atoms with Gasteiger partial charge < -0.3 is 0 Å². The highest BCUT2D eigenvalue weighted by molar-refractivity contribution is 7.89. The maximum atomic E-state index is 13.3. The van der Waals surface area contributed by atoms with Crippen LogP contribution in [0.3, 0.4) is 0 Å². The van der Waals surface area contributed by atoms with Gasteiger partial charge in [-0.2, -0.15) is 0 Å². The summed E-state index contributed by atoms with van der Waals surface area (Å²) in [5.74, 6) is -1.92. The highest BCUT2D eigenvalue weighted by atomic mass is 32.2. The third-order valence-electron chi connectivity index (χ3n) is 4.08. The van der Waals surface area contributed by atoms with Gasteiger partial charge in [-0.1, -0.05) is 6.07 Å². The Morgan fingerprint density at radius 1 is 1.26 bits per heavy atom. The average molecular weight is 341 g/mol. The van der Waals surface area contributed by atoms with E-state index >= 15 is 0 Å². The monoisotopic (exact) mass is 341 g/mol. The molecule has 1 aliphatic heterocycles. The minimum absolute atomic E-state index is 0.0829. The van der Waals surface area contributed by atoms with E-state index in [2.05, 4.69) is 4.98 Å². The molecule has 124 valence electrons. The van der Waals surface area contributed by atoms with Crippen molar-refractivity contribution in [1.29, 1.82) is 0 Å². The van der Waals surface area contributed by atoms with Crippen LogP contribution in [0, 0.1) is 11.6 Å². The van der Waals surface area contributed by atoms with Crippen molar-refractivity contribution in [2.75, 3.05) is 12.3 Å². The second kappa shape index (κ2) is 6.10. The summed E-state index contributed by atoms with van der Waals surface area (Å²) >= 11 is 0. The number of hydrogen-bond acceptors (Lipinski definition) is 4. The summed E-state index contributed by atoms with van der Waals surface area (Å²) in [6.45, 7) is 1.22. The quantitative estimate of drug-likeness (QED) is 0.919. The second-order valence-electron chi connectivity index (χ2n) is 5.86. The van der Waals surface area contributed by atoms with E-state index < -0.39 is 21.7 Å². The van der Waals surface area contributed by atoms with Crippen LogP contribution < -0.4 is 5.14 Å². The van der Waals surface area contributed by atoms with Gasteiger partial charge >= 0.3 is 0 Å². The predicted octanol–water partition coefficient (Wildman–Crippen LogP) is 1.77. The number of benzene rings is 1. The van der Waals surface area contributed by atoms with Crippen LogP contribution >= 0.6 is 0 Å². The Hall–Kier alpha value is -1.64. The molecule has 8 heteroatoms. The maximum Gasteiger partial charge on any atom is 0.210 e. The molecule has 3 rings (SSSR count). The van der Waals surface area contributed by atoms with Crippen molar-refractivity contribution in [3.8, 4) is 0 Å². The molecule has 0 spiro atoms. The minimum atomic E-state index is -3.53. The van der Waals surface area contributed by atoms with E-state index in [-0.39, 0.29) is 11.8 Å². The Balaban J connectivity index is 1.82. The Morgan fingerprint density at radius 3 is 2.74 bits per heavy atom. The van der Waals surface area contributed by atoms with Crippen LogP contribution in [-0.4, -0.2) is 36.6 Å². The lowest BCUT2D eigenvalue weighted by atomic mass is 10.2. The van der Waals surface area contributed by atoms with Crippen LogP contribution in [0.25, 0.3) is 10.9 Å². The van der Waals surface area contributed by atoms with Crippen molar-refractivity contribution in [2.45, 2.75) is 25.4 Å². The molecular formula is C15H17F2N3O2S. The zero-order valence-electron chi connectivity index (χ0n) is 12.4. The first-order chi connectivity index (χ1) is 10.8. The molecule has 2 N–H and O–H groups in total. The van der Waals surface area contributed by atoms with Crippen LogP contribution in [0.5, 0.6) is 0 Å². The minimum Gasteiger partial charge on any atom is -0.294 e. The zero-order chi connectivity index (χ0) is 16.6. The highest BCUT2D eigenvalue weighted by Gasteiger charge is 2.28. The number of fused-ring (bicyclic) bond motifs is 1. The second-order valence-corrected chi connectivity index (χ2v) is 7.52. The molecule has 0 bridgehead atoms.